The fraction of sp³-hybridized carbons (Fsp3) is 0.435. The highest BCUT2D eigenvalue weighted by atomic mass is 35.5. The van der Waals surface area contributed by atoms with Gasteiger partial charge in [-0.1, -0.05) is 23.2 Å². The predicted molar refractivity (Wildman–Crippen MR) is 120 cm³/mol. The van der Waals surface area contributed by atoms with Gasteiger partial charge in [0.05, 0.1) is 21.8 Å². The molecule has 5 rings (SSSR count). The summed E-state index contributed by atoms with van der Waals surface area (Å²) in [4.78, 5) is 12.4. The van der Waals surface area contributed by atoms with E-state index in [2.05, 4.69) is 5.32 Å². The van der Waals surface area contributed by atoms with Crippen molar-refractivity contribution in [2.75, 3.05) is 26.3 Å². The first-order valence-corrected chi connectivity index (χ1v) is 11.7. The molecule has 1 N–H and O–H groups in total. The maximum absolute atomic E-state index is 15.4. The Hall–Kier alpha value is -2.07. The molecule has 4 aliphatic rings. The van der Waals surface area contributed by atoms with Gasteiger partial charge in [0.2, 0.25) is 0 Å². The van der Waals surface area contributed by atoms with E-state index in [0.29, 0.717) is 32.6 Å². The first kappa shape index (κ1) is 23.7. The van der Waals surface area contributed by atoms with Crippen LogP contribution >= 0.6 is 23.2 Å². The van der Waals surface area contributed by atoms with Crippen molar-refractivity contribution in [1.82, 2.24) is 14.7 Å². The number of hydrogen-bond donors (Lipinski definition) is 1. The second-order valence-corrected chi connectivity index (χ2v) is 9.49. The minimum Gasteiger partial charge on any atom is -0.381 e. The summed E-state index contributed by atoms with van der Waals surface area (Å²) < 4.78 is 67.3. The first-order valence-electron chi connectivity index (χ1n) is 10.9. The lowest BCUT2D eigenvalue weighted by Gasteiger charge is -2.39. The summed E-state index contributed by atoms with van der Waals surface area (Å²) in [5, 5.41) is 3.19. The van der Waals surface area contributed by atoms with Gasteiger partial charge in [-0.15, -0.1) is 0 Å². The number of ether oxygens (including phenoxy) is 1. The van der Waals surface area contributed by atoms with Gasteiger partial charge in [0, 0.05) is 37.0 Å². The van der Waals surface area contributed by atoms with Crippen molar-refractivity contribution in [2.24, 2.45) is 0 Å². The average Bonchev–Trinajstić information content (AvgIpc) is 3.40. The Kier molecular flexibility index (Phi) is 5.95. The molecule has 1 atom stereocenters. The molecule has 0 radical (unpaired) electrons. The lowest BCUT2D eigenvalue weighted by atomic mass is 9.87. The molecule has 3 aliphatic heterocycles. The first-order chi connectivity index (χ1) is 16.1. The molecule has 1 aromatic rings. The van der Waals surface area contributed by atoms with E-state index >= 15 is 4.39 Å². The lowest BCUT2D eigenvalue weighted by molar-refractivity contribution is -0.146. The van der Waals surface area contributed by atoms with E-state index < -0.39 is 34.7 Å². The summed E-state index contributed by atoms with van der Waals surface area (Å²) in [6.45, 7) is 1.10. The van der Waals surface area contributed by atoms with Gasteiger partial charge in [0.1, 0.15) is 17.1 Å². The number of benzene rings is 2. The predicted octanol–water partition coefficient (Wildman–Crippen LogP) is 5.31. The highest BCUT2D eigenvalue weighted by Crippen LogP contribution is 2.49. The van der Waals surface area contributed by atoms with Crippen LogP contribution in [0.2, 0.25) is 10.0 Å². The van der Waals surface area contributed by atoms with Crippen molar-refractivity contribution in [2.45, 2.75) is 37.0 Å². The van der Waals surface area contributed by atoms with Gasteiger partial charge in [0.15, 0.2) is 5.43 Å². The van der Waals surface area contributed by atoms with E-state index in [1.165, 1.54) is 27.6 Å². The van der Waals surface area contributed by atoms with Crippen molar-refractivity contribution < 1.29 is 22.3 Å². The van der Waals surface area contributed by atoms with Crippen LogP contribution in [-0.2, 0) is 16.5 Å². The van der Waals surface area contributed by atoms with E-state index in [9.17, 15) is 18.0 Å². The number of nitrogens with zero attached hydrogens (tertiary/aromatic N) is 2. The van der Waals surface area contributed by atoms with Gasteiger partial charge in [-0.3, -0.25) is 14.2 Å². The zero-order valence-corrected chi connectivity index (χ0v) is 19.4. The Bertz CT molecular complexity index is 1260. The molecule has 0 aromatic heterocycles. The van der Waals surface area contributed by atoms with Crippen LogP contribution in [0, 0.1) is 5.82 Å². The minimum absolute atomic E-state index is 0.00871. The summed E-state index contributed by atoms with van der Waals surface area (Å²) in [6, 6.07) is 5.39. The average molecular weight is 518 g/mol. The summed E-state index contributed by atoms with van der Waals surface area (Å²) in [5.74, 6) is -0.676. The second kappa shape index (κ2) is 8.55. The number of fused-ring (bicyclic) bond motifs is 1. The standard InChI is InChI=1S/C23H21Cl2F4N3O2/c24-16-3-4-17(26)19(20(16)25)22(7-8-30-12-22)32-18-11-14(33)1-2-15(18)21(23(27,28)29)31(32)13-5-9-34-10-6-13/h1-4,11,13,30H,5-10,12H2/t22-/m1/s1. The molecule has 0 bridgehead atoms. The molecular weight excluding hydrogens is 497 g/mol. The molecule has 0 spiro atoms. The summed E-state index contributed by atoms with van der Waals surface area (Å²) in [5.41, 5.74) is -2.71. The zero-order valence-electron chi connectivity index (χ0n) is 17.9. The lowest BCUT2D eigenvalue weighted by Crippen LogP contribution is -2.44. The maximum atomic E-state index is 15.4. The molecule has 0 unspecified atom stereocenters. The van der Waals surface area contributed by atoms with Crippen LogP contribution in [0.3, 0.4) is 0 Å². The Morgan fingerprint density at radius 2 is 1.85 bits per heavy atom. The number of alkyl halides is 3. The third-order valence-corrected chi connectivity index (χ3v) is 7.55. The molecule has 0 saturated carbocycles. The molecule has 11 heteroatoms. The van der Waals surface area contributed by atoms with Gasteiger partial charge in [-0.2, -0.15) is 13.2 Å². The molecule has 1 aliphatic carbocycles. The van der Waals surface area contributed by atoms with Crippen LogP contribution in [0.5, 0.6) is 0 Å². The SMILES string of the molecule is O=c1ccc2c(C(F)(F)F)n(C3CCOCC3)n([C@]3(c4c(F)ccc(Cl)c4Cl)CCNC3)c-2c1. The topological polar surface area (TPSA) is 48.2 Å². The monoisotopic (exact) mass is 517 g/mol. The van der Waals surface area contributed by atoms with Crippen molar-refractivity contribution in [1.29, 1.82) is 0 Å². The third-order valence-electron chi connectivity index (χ3n) is 6.75. The Balaban J connectivity index is 1.94. The molecule has 34 heavy (non-hydrogen) atoms. The fourth-order valence-electron chi connectivity index (χ4n) is 5.35. The molecule has 2 saturated heterocycles. The van der Waals surface area contributed by atoms with Crippen LogP contribution in [0.1, 0.15) is 36.6 Å². The van der Waals surface area contributed by atoms with Crippen molar-refractivity contribution >= 4 is 23.2 Å². The number of aromatic nitrogens is 2. The number of rotatable bonds is 3. The van der Waals surface area contributed by atoms with Gasteiger partial charge < -0.3 is 10.1 Å². The van der Waals surface area contributed by atoms with Crippen LogP contribution in [0.25, 0.3) is 11.3 Å². The maximum Gasteiger partial charge on any atom is 0.433 e. The molecule has 5 nitrogen and oxygen atoms in total. The van der Waals surface area contributed by atoms with E-state index in [1.807, 2.05) is 0 Å². The minimum atomic E-state index is -4.73. The van der Waals surface area contributed by atoms with E-state index in [0.717, 1.165) is 12.1 Å². The van der Waals surface area contributed by atoms with Gasteiger partial charge in [-0.25, -0.2) is 4.39 Å². The van der Waals surface area contributed by atoms with Gasteiger partial charge in [0.25, 0.3) is 0 Å². The summed E-state index contributed by atoms with van der Waals surface area (Å²) >= 11 is 12.8. The van der Waals surface area contributed by atoms with Crippen molar-refractivity contribution in [3.63, 3.8) is 0 Å². The molecular formula is C23H21Cl2F4N3O2. The number of hydrogen-bond acceptors (Lipinski definition) is 3. The smallest absolute Gasteiger partial charge is 0.381 e. The van der Waals surface area contributed by atoms with Crippen molar-refractivity contribution in [3.05, 3.63) is 67.7 Å². The molecule has 2 fully saturated rings. The highest BCUT2D eigenvalue weighted by molar-refractivity contribution is 6.42. The van der Waals surface area contributed by atoms with E-state index in [4.69, 9.17) is 27.9 Å². The second-order valence-electron chi connectivity index (χ2n) is 8.70. The van der Waals surface area contributed by atoms with Crippen LogP contribution in [0.4, 0.5) is 17.6 Å². The quantitative estimate of drug-likeness (QED) is 0.378. The molecule has 3 heterocycles. The van der Waals surface area contributed by atoms with Crippen molar-refractivity contribution in [3.8, 4) is 11.3 Å². The van der Waals surface area contributed by atoms with Crippen LogP contribution in [0.15, 0.2) is 35.1 Å². The Morgan fingerprint density at radius 3 is 2.50 bits per heavy atom. The number of halogens is 6. The normalized spacial score (nSPS) is 22.1. The summed E-state index contributed by atoms with van der Waals surface area (Å²) in [7, 11) is 0. The van der Waals surface area contributed by atoms with Crippen LogP contribution in [-0.4, -0.2) is 35.7 Å². The highest BCUT2D eigenvalue weighted by Gasteiger charge is 2.50. The largest absolute Gasteiger partial charge is 0.433 e. The van der Waals surface area contributed by atoms with Gasteiger partial charge in [-0.05, 0) is 50.1 Å². The summed E-state index contributed by atoms with van der Waals surface area (Å²) in [6.07, 6.45) is -3.80. The number of nitrogens with one attached hydrogen (secondary N) is 1. The Morgan fingerprint density at radius 1 is 1.12 bits per heavy atom. The van der Waals surface area contributed by atoms with E-state index in [1.54, 1.807) is 0 Å². The molecule has 182 valence electrons. The fourth-order valence-corrected chi connectivity index (χ4v) is 5.84. The van der Waals surface area contributed by atoms with Gasteiger partial charge >= 0.3 is 6.18 Å². The molecule has 0 amide bonds. The zero-order chi connectivity index (χ0) is 24.3. The molecule has 1 aromatic carbocycles. The Labute approximate surface area is 202 Å². The third kappa shape index (κ3) is 3.64. The van der Waals surface area contributed by atoms with E-state index in [-0.39, 0.29) is 39.8 Å². The van der Waals surface area contributed by atoms with Crippen LogP contribution < -0.4 is 10.7 Å².